The predicted molar refractivity (Wildman–Crippen MR) is 65.5 cm³/mol. The van der Waals surface area contributed by atoms with Gasteiger partial charge in [0.1, 0.15) is 0 Å². The molecule has 0 aliphatic heterocycles. The van der Waals surface area contributed by atoms with Gasteiger partial charge in [-0.05, 0) is 30.5 Å². The van der Waals surface area contributed by atoms with Gasteiger partial charge in [0.2, 0.25) is 0 Å². The molecule has 1 aliphatic carbocycles. The average Bonchev–Trinajstić information content (AvgIpc) is 3.10. The summed E-state index contributed by atoms with van der Waals surface area (Å²) in [5.74, 6) is 5.17. The quantitative estimate of drug-likeness (QED) is 0.799. The van der Waals surface area contributed by atoms with Crippen molar-refractivity contribution in [1.82, 2.24) is 4.90 Å². The fraction of sp³-hybridized carbons (Fsp3) is 0.462. The van der Waals surface area contributed by atoms with Gasteiger partial charge >= 0.3 is 0 Å². The van der Waals surface area contributed by atoms with Crippen LogP contribution in [0.25, 0.3) is 0 Å². The second-order valence-electron chi connectivity index (χ2n) is 4.87. The minimum Gasteiger partial charge on any atom is -0.345 e. The van der Waals surface area contributed by atoms with Gasteiger partial charge in [-0.25, -0.2) is 5.90 Å². The number of hydrogen-bond donors (Lipinski definition) is 1. The van der Waals surface area contributed by atoms with E-state index in [9.17, 15) is 4.79 Å². The molecule has 2 rings (SSSR count). The van der Waals surface area contributed by atoms with E-state index in [1.54, 1.807) is 19.0 Å². The Bertz CT molecular complexity index is 408. The van der Waals surface area contributed by atoms with E-state index in [2.05, 4.69) is 0 Å². The highest BCUT2D eigenvalue weighted by atomic mass is 16.6. The lowest BCUT2D eigenvalue weighted by Crippen LogP contribution is -2.22. The predicted octanol–water partition coefficient (Wildman–Crippen LogP) is 1.31. The van der Waals surface area contributed by atoms with Gasteiger partial charge in [0.05, 0.1) is 6.61 Å². The Morgan fingerprint density at radius 3 is 2.35 bits per heavy atom. The monoisotopic (exact) mass is 234 g/mol. The van der Waals surface area contributed by atoms with Gasteiger partial charge in [-0.15, -0.1) is 0 Å². The summed E-state index contributed by atoms with van der Waals surface area (Å²) in [6.45, 7) is 0.550. The number of nitrogens with two attached hydrogens (primary N) is 1. The molecule has 1 saturated carbocycles. The van der Waals surface area contributed by atoms with E-state index in [1.165, 1.54) is 5.56 Å². The van der Waals surface area contributed by atoms with Gasteiger partial charge in [-0.2, -0.15) is 0 Å². The molecule has 92 valence electrons. The van der Waals surface area contributed by atoms with Gasteiger partial charge in [0.15, 0.2) is 0 Å². The molecule has 0 atom stereocenters. The third-order valence-corrected chi connectivity index (χ3v) is 3.36. The van der Waals surface area contributed by atoms with Crippen molar-refractivity contribution in [2.45, 2.75) is 18.3 Å². The van der Waals surface area contributed by atoms with Crippen molar-refractivity contribution in [1.29, 1.82) is 0 Å². The molecule has 0 spiro atoms. The molecule has 2 N–H and O–H groups in total. The largest absolute Gasteiger partial charge is 0.345 e. The summed E-state index contributed by atoms with van der Waals surface area (Å²) in [6.07, 6.45) is 2.20. The molecular formula is C13H18N2O2. The molecule has 0 heterocycles. The van der Waals surface area contributed by atoms with E-state index in [1.807, 2.05) is 24.3 Å². The maximum Gasteiger partial charge on any atom is 0.253 e. The van der Waals surface area contributed by atoms with Gasteiger partial charge in [0.25, 0.3) is 5.91 Å². The van der Waals surface area contributed by atoms with Crippen LogP contribution in [0.2, 0.25) is 0 Å². The Morgan fingerprint density at radius 2 is 1.94 bits per heavy atom. The fourth-order valence-electron chi connectivity index (χ4n) is 2.05. The second kappa shape index (κ2) is 4.47. The van der Waals surface area contributed by atoms with E-state index in [4.69, 9.17) is 10.7 Å². The van der Waals surface area contributed by atoms with Crippen LogP contribution in [0.15, 0.2) is 24.3 Å². The SMILES string of the molecule is CN(C)C(=O)c1ccc(C2(CON)CC2)cc1. The van der Waals surface area contributed by atoms with Gasteiger partial charge in [-0.3, -0.25) is 4.79 Å². The zero-order valence-corrected chi connectivity index (χ0v) is 10.3. The fourth-order valence-corrected chi connectivity index (χ4v) is 2.05. The highest BCUT2D eigenvalue weighted by Gasteiger charge is 2.44. The summed E-state index contributed by atoms with van der Waals surface area (Å²) in [5.41, 5.74) is 2.01. The zero-order chi connectivity index (χ0) is 12.5. The summed E-state index contributed by atoms with van der Waals surface area (Å²) in [7, 11) is 3.50. The minimum absolute atomic E-state index is 0.0245. The number of nitrogens with zero attached hydrogens (tertiary/aromatic N) is 1. The molecule has 1 fully saturated rings. The number of benzene rings is 1. The molecule has 0 aromatic heterocycles. The van der Waals surface area contributed by atoms with Crippen molar-refractivity contribution in [2.24, 2.45) is 5.90 Å². The molecule has 4 nitrogen and oxygen atoms in total. The molecule has 1 amide bonds. The third-order valence-electron chi connectivity index (χ3n) is 3.36. The minimum atomic E-state index is 0.0245. The Labute approximate surface area is 101 Å². The van der Waals surface area contributed by atoms with Crippen molar-refractivity contribution < 1.29 is 9.63 Å². The Morgan fingerprint density at radius 1 is 1.35 bits per heavy atom. The molecule has 0 saturated heterocycles. The van der Waals surface area contributed by atoms with Crippen LogP contribution in [0, 0.1) is 0 Å². The van der Waals surface area contributed by atoms with Gasteiger partial charge in [-0.1, -0.05) is 12.1 Å². The van der Waals surface area contributed by atoms with E-state index < -0.39 is 0 Å². The number of carbonyl (C=O) groups is 1. The van der Waals surface area contributed by atoms with Crippen LogP contribution >= 0.6 is 0 Å². The standard InChI is InChI=1S/C13H18N2O2/c1-15(2)12(16)10-3-5-11(6-4-10)13(7-8-13)9-17-14/h3-6H,7-9,14H2,1-2H3. The molecule has 17 heavy (non-hydrogen) atoms. The molecule has 1 aromatic rings. The molecule has 1 aromatic carbocycles. The Balaban J connectivity index is 2.16. The van der Waals surface area contributed by atoms with Crippen molar-refractivity contribution in [3.8, 4) is 0 Å². The first kappa shape index (κ1) is 12.1. The summed E-state index contributed by atoms with van der Waals surface area (Å²) in [4.78, 5) is 18.1. The molecule has 0 radical (unpaired) electrons. The van der Waals surface area contributed by atoms with E-state index in [0.29, 0.717) is 12.2 Å². The van der Waals surface area contributed by atoms with Crippen molar-refractivity contribution in [3.05, 3.63) is 35.4 Å². The lowest BCUT2D eigenvalue weighted by atomic mass is 9.96. The van der Waals surface area contributed by atoms with Crippen LogP contribution in [0.4, 0.5) is 0 Å². The first-order valence-corrected chi connectivity index (χ1v) is 5.73. The Kier molecular flexibility index (Phi) is 3.17. The van der Waals surface area contributed by atoms with Crippen molar-refractivity contribution in [3.63, 3.8) is 0 Å². The summed E-state index contributed by atoms with van der Waals surface area (Å²) in [5, 5.41) is 0. The van der Waals surface area contributed by atoms with Crippen LogP contribution < -0.4 is 5.90 Å². The average molecular weight is 234 g/mol. The first-order valence-electron chi connectivity index (χ1n) is 5.73. The van der Waals surface area contributed by atoms with Crippen LogP contribution in [-0.2, 0) is 10.3 Å². The number of amides is 1. The Hall–Kier alpha value is -1.39. The maximum atomic E-state index is 11.7. The van der Waals surface area contributed by atoms with E-state index >= 15 is 0 Å². The maximum absolute atomic E-state index is 11.7. The molecule has 4 heteroatoms. The van der Waals surface area contributed by atoms with Gasteiger partial charge in [0, 0.05) is 25.1 Å². The van der Waals surface area contributed by atoms with Gasteiger partial charge < -0.3 is 9.74 Å². The number of hydrogen-bond acceptors (Lipinski definition) is 3. The molecule has 0 unspecified atom stereocenters. The van der Waals surface area contributed by atoms with Crippen LogP contribution in [0.1, 0.15) is 28.8 Å². The van der Waals surface area contributed by atoms with Crippen molar-refractivity contribution >= 4 is 5.91 Å². The van der Waals surface area contributed by atoms with Crippen LogP contribution in [0.5, 0.6) is 0 Å². The highest BCUT2D eigenvalue weighted by Crippen LogP contribution is 2.48. The normalized spacial score (nSPS) is 16.6. The molecular weight excluding hydrogens is 216 g/mol. The zero-order valence-electron chi connectivity index (χ0n) is 10.3. The number of carbonyl (C=O) groups excluding carboxylic acids is 1. The third kappa shape index (κ3) is 2.33. The highest BCUT2D eigenvalue weighted by molar-refractivity contribution is 5.93. The summed E-state index contributed by atoms with van der Waals surface area (Å²) in [6, 6.07) is 7.74. The topological polar surface area (TPSA) is 55.6 Å². The smallest absolute Gasteiger partial charge is 0.253 e. The van der Waals surface area contributed by atoms with E-state index in [-0.39, 0.29) is 11.3 Å². The van der Waals surface area contributed by atoms with Crippen molar-refractivity contribution in [2.75, 3.05) is 20.7 Å². The first-order chi connectivity index (χ1) is 8.09. The van der Waals surface area contributed by atoms with Crippen LogP contribution in [-0.4, -0.2) is 31.5 Å². The summed E-state index contributed by atoms with van der Waals surface area (Å²) < 4.78 is 0. The molecule has 1 aliphatic rings. The second-order valence-corrected chi connectivity index (χ2v) is 4.87. The lowest BCUT2D eigenvalue weighted by molar-refractivity contribution is 0.0827. The number of rotatable bonds is 4. The van der Waals surface area contributed by atoms with E-state index in [0.717, 1.165) is 12.8 Å². The molecule has 0 bridgehead atoms. The van der Waals surface area contributed by atoms with Crippen LogP contribution in [0.3, 0.4) is 0 Å². The lowest BCUT2D eigenvalue weighted by Gasteiger charge is -2.15. The summed E-state index contributed by atoms with van der Waals surface area (Å²) >= 11 is 0.